The van der Waals surface area contributed by atoms with E-state index in [2.05, 4.69) is 18.7 Å². The molecule has 0 amide bonds. The zero-order valence-electron chi connectivity index (χ0n) is 10.6. The van der Waals surface area contributed by atoms with Crippen molar-refractivity contribution in [1.29, 1.82) is 0 Å². The van der Waals surface area contributed by atoms with E-state index in [1.165, 1.54) is 58.2 Å². The molecule has 0 unspecified atom stereocenters. The summed E-state index contributed by atoms with van der Waals surface area (Å²) in [4.78, 5) is 2.58. The van der Waals surface area contributed by atoms with Crippen LogP contribution in [-0.2, 0) is 0 Å². The fourth-order valence-electron chi connectivity index (χ4n) is 2.87. The Morgan fingerprint density at radius 1 is 1.13 bits per heavy atom. The SMILES string of the molecule is CCCN(CC)CC1(CN)CCCCC1. The summed E-state index contributed by atoms with van der Waals surface area (Å²) < 4.78 is 0. The summed E-state index contributed by atoms with van der Waals surface area (Å²) in [5.74, 6) is 0. The summed E-state index contributed by atoms with van der Waals surface area (Å²) in [7, 11) is 0. The number of hydrogen-bond donors (Lipinski definition) is 1. The Kier molecular flexibility index (Phi) is 5.62. The lowest BCUT2D eigenvalue weighted by Crippen LogP contribution is -2.44. The summed E-state index contributed by atoms with van der Waals surface area (Å²) in [6.07, 6.45) is 8.16. The van der Waals surface area contributed by atoms with Crippen molar-refractivity contribution in [2.75, 3.05) is 26.2 Å². The van der Waals surface area contributed by atoms with Gasteiger partial charge in [-0.1, -0.05) is 33.1 Å². The van der Waals surface area contributed by atoms with Crippen LogP contribution >= 0.6 is 0 Å². The molecule has 1 rings (SSSR count). The Bertz CT molecular complexity index is 162. The monoisotopic (exact) mass is 212 g/mol. The predicted octanol–water partition coefficient (Wildman–Crippen LogP) is 2.63. The number of nitrogens with two attached hydrogens (primary N) is 1. The first kappa shape index (κ1) is 13.0. The van der Waals surface area contributed by atoms with Gasteiger partial charge in [0.2, 0.25) is 0 Å². The maximum Gasteiger partial charge on any atom is 0.00499 e. The molecule has 0 aliphatic heterocycles. The highest BCUT2D eigenvalue weighted by Crippen LogP contribution is 2.36. The van der Waals surface area contributed by atoms with Crippen molar-refractivity contribution in [2.24, 2.45) is 11.1 Å². The van der Waals surface area contributed by atoms with Gasteiger partial charge in [-0.2, -0.15) is 0 Å². The average molecular weight is 212 g/mol. The smallest absolute Gasteiger partial charge is 0.00499 e. The Morgan fingerprint density at radius 3 is 2.27 bits per heavy atom. The van der Waals surface area contributed by atoms with Crippen molar-refractivity contribution in [3.8, 4) is 0 Å². The van der Waals surface area contributed by atoms with Gasteiger partial charge in [-0.05, 0) is 44.3 Å². The molecule has 15 heavy (non-hydrogen) atoms. The second kappa shape index (κ2) is 6.49. The van der Waals surface area contributed by atoms with Crippen molar-refractivity contribution >= 4 is 0 Å². The Balaban J connectivity index is 2.49. The van der Waals surface area contributed by atoms with E-state index in [1.807, 2.05) is 0 Å². The maximum absolute atomic E-state index is 6.01. The van der Waals surface area contributed by atoms with Crippen LogP contribution in [0.25, 0.3) is 0 Å². The molecule has 0 saturated heterocycles. The molecular formula is C13H28N2. The minimum Gasteiger partial charge on any atom is -0.330 e. The summed E-state index contributed by atoms with van der Waals surface area (Å²) >= 11 is 0. The molecule has 2 heteroatoms. The number of nitrogens with zero attached hydrogens (tertiary/aromatic N) is 1. The largest absolute Gasteiger partial charge is 0.330 e. The van der Waals surface area contributed by atoms with Gasteiger partial charge in [0.25, 0.3) is 0 Å². The number of rotatable bonds is 6. The minimum absolute atomic E-state index is 0.448. The Morgan fingerprint density at radius 2 is 1.80 bits per heavy atom. The van der Waals surface area contributed by atoms with Crippen molar-refractivity contribution in [1.82, 2.24) is 4.90 Å². The summed E-state index contributed by atoms with van der Waals surface area (Å²) in [5.41, 5.74) is 6.46. The molecule has 0 bridgehead atoms. The standard InChI is InChI=1S/C13H28N2/c1-3-10-15(4-2)12-13(11-14)8-6-5-7-9-13/h3-12,14H2,1-2H3. The number of hydrogen-bond acceptors (Lipinski definition) is 2. The molecule has 0 aromatic rings. The quantitative estimate of drug-likeness (QED) is 0.733. The highest BCUT2D eigenvalue weighted by Gasteiger charge is 2.31. The molecule has 0 radical (unpaired) electrons. The molecule has 0 heterocycles. The molecular weight excluding hydrogens is 184 g/mol. The van der Waals surface area contributed by atoms with Gasteiger partial charge in [0.05, 0.1) is 0 Å². The lowest BCUT2D eigenvalue weighted by atomic mass is 9.73. The van der Waals surface area contributed by atoms with Gasteiger partial charge < -0.3 is 10.6 Å². The second-order valence-corrected chi connectivity index (χ2v) is 5.13. The van der Waals surface area contributed by atoms with Crippen LogP contribution in [0.5, 0.6) is 0 Å². The van der Waals surface area contributed by atoms with Crippen molar-refractivity contribution in [3.63, 3.8) is 0 Å². The van der Waals surface area contributed by atoms with Crippen molar-refractivity contribution < 1.29 is 0 Å². The summed E-state index contributed by atoms with van der Waals surface area (Å²) in [6, 6.07) is 0. The van der Waals surface area contributed by atoms with E-state index in [1.54, 1.807) is 0 Å². The van der Waals surface area contributed by atoms with Gasteiger partial charge in [-0.3, -0.25) is 0 Å². The average Bonchev–Trinajstić information content (AvgIpc) is 2.30. The second-order valence-electron chi connectivity index (χ2n) is 5.13. The molecule has 0 spiro atoms. The van der Waals surface area contributed by atoms with Crippen molar-refractivity contribution in [2.45, 2.75) is 52.4 Å². The van der Waals surface area contributed by atoms with E-state index in [0.717, 1.165) is 6.54 Å². The van der Waals surface area contributed by atoms with Gasteiger partial charge in [0, 0.05) is 6.54 Å². The van der Waals surface area contributed by atoms with Gasteiger partial charge in [0.15, 0.2) is 0 Å². The molecule has 1 aliphatic carbocycles. The van der Waals surface area contributed by atoms with E-state index in [0.29, 0.717) is 5.41 Å². The highest BCUT2D eigenvalue weighted by molar-refractivity contribution is 4.86. The first-order chi connectivity index (χ1) is 7.26. The van der Waals surface area contributed by atoms with E-state index in [9.17, 15) is 0 Å². The summed E-state index contributed by atoms with van der Waals surface area (Å²) in [6.45, 7) is 9.05. The normalized spacial score (nSPS) is 20.8. The van der Waals surface area contributed by atoms with E-state index in [4.69, 9.17) is 5.73 Å². The van der Waals surface area contributed by atoms with Crippen LogP contribution < -0.4 is 5.73 Å². The van der Waals surface area contributed by atoms with Crippen LogP contribution in [-0.4, -0.2) is 31.1 Å². The molecule has 1 aliphatic rings. The van der Waals surface area contributed by atoms with Gasteiger partial charge in [-0.15, -0.1) is 0 Å². The minimum atomic E-state index is 0.448. The van der Waals surface area contributed by atoms with Crippen LogP contribution in [0, 0.1) is 5.41 Å². The van der Waals surface area contributed by atoms with Crippen LogP contribution in [0.1, 0.15) is 52.4 Å². The molecule has 1 saturated carbocycles. The Hall–Kier alpha value is -0.0800. The molecule has 0 atom stereocenters. The molecule has 0 aromatic heterocycles. The third-order valence-corrected chi connectivity index (χ3v) is 3.89. The maximum atomic E-state index is 6.01. The zero-order chi connectivity index (χ0) is 11.1. The fraction of sp³-hybridized carbons (Fsp3) is 1.00. The zero-order valence-corrected chi connectivity index (χ0v) is 10.6. The topological polar surface area (TPSA) is 29.3 Å². The van der Waals surface area contributed by atoms with Crippen LogP contribution in [0.4, 0.5) is 0 Å². The molecule has 90 valence electrons. The lowest BCUT2D eigenvalue weighted by molar-refractivity contribution is 0.115. The summed E-state index contributed by atoms with van der Waals surface area (Å²) in [5, 5.41) is 0. The van der Waals surface area contributed by atoms with E-state index in [-0.39, 0.29) is 0 Å². The van der Waals surface area contributed by atoms with Crippen LogP contribution in [0.3, 0.4) is 0 Å². The first-order valence-corrected chi connectivity index (χ1v) is 6.69. The molecule has 2 nitrogen and oxygen atoms in total. The predicted molar refractivity (Wildman–Crippen MR) is 67.0 cm³/mol. The fourth-order valence-corrected chi connectivity index (χ4v) is 2.87. The molecule has 0 aromatic carbocycles. The van der Waals surface area contributed by atoms with Crippen molar-refractivity contribution in [3.05, 3.63) is 0 Å². The third kappa shape index (κ3) is 3.76. The Labute approximate surface area is 95.2 Å². The molecule has 1 fully saturated rings. The third-order valence-electron chi connectivity index (χ3n) is 3.89. The van der Waals surface area contributed by atoms with Crippen LogP contribution in [0.15, 0.2) is 0 Å². The van der Waals surface area contributed by atoms with E-state index < -0.39 is 0 Å². The van der Waals surface area contributed by atoms with Gasteiger partial charge in [-0.25, -0.2) is 0 Å². The molecule has 2 N–H and O–H groups in total. The van der Waals surface area contributed by atoms with Crippen LogP contribution in [0.2, 0.25) is 0 Å². The lowest BCUT2D eigenvalue weighted by Gasteiger charge is -2.40. The van der Waals surface area contributed by atoms with Gasteiger partial charge >= 0.3 is 0 Å². The highest BCUT2D eigenvalue weighted by atomic mass is 15.1. The first-order valence-electron chi connectivity index (χ1n) is 6.69. The van der Waals surface area contributed by atoms with Gasteiger partial charge in [0.1, 0.15) is 0 Å². The van der Waals surface area contributed by atoms with E-state index >= 15 is 0 Å².